The summed E-state index contributed by atoms with van der Waals surface area (Å²) in [5.74, 6) is 0.753. The van der Waals surface area contributed by atoms with Crippen molar-refractivity contribution in [2.75, 3.05) is 13.1 Å². The van der Waals surface area contributed by atoms with Crippen molar-refractivity contribution in [2.24, 2.45) is 18.4 Å². The Kier molecular flexibility index (Phi) is 2.78. The Morgan fingerprint density at radius 2 is 2.27 bits per heavy atom. The molecule has 1 aliphatic rings. The first-order valence-electron chi connectivity index (χ1n) is 5.66. The van der Waals surface area contributed by atoms with Gasteiger partial charge in [-0.1, -0.05) is 19.1 Å². The Labute approximate surface area is 91.1 Å². The molecule has 4 heteroatoms. The summed E-state index contributed by atoms with van der Waals surface area (Å²) in [5, 5.41) is 11.5. The van der Waals surface area contributed by atoms with Crippen LogP contribution in [0.4, 0.5) is 0 Å². The molecular formula is C11H20N4. The molecule has 0 radical (unpaired) electrons. The number of nitrogens with one attached hydrogen (secondary N) is 1. The van der Waals surface area contributed by atoms with E-state index >= 15 is 0 Å². The number of aryl methyl sites for hydroxylation is 1. The Morgan fingerprint density at radius 3 is 2.67 bits per heavy atom. The van der Waals surface area contributed by atoms with E-state index in [0.717, 1.165) is 31.1 Å². The van der Waals surface area contributed by atoms with Crippen molar-refractivity contribution in [1.82, 2.24) is 20.3 Å². The summed E-state index contributed by atoms with van der Waals surface area (Å²) in [6.45, 7) is 6.83. The van der Waals surface area contributed by atoms with Crippen molar-refractivity contribution in [3.8, 4) is 0 Å². The standard InChI is InChI=1S/C11H20N4/c1-9(2)4-11(7-12-8-11)5-10-6-15(3)14-13-10/h6,9,12H,4-5,7-8H2,1-3H3. The van der Waals surface area contributed by atoms with Crippen molar-refractivity contribution >= 4 is 0 Å². The zero-order valence-corrected chi connectivity index (χ0v) is 9.82. The van der Waals surface area contributed by atoms with Gasteiger partial charge >= 0.3 is 0 Å². The molecule has 1 saturated heterocycles. The maximum Gasteiger partial charge on any atom is 0.0833 e. The lowest BCUT2D eigenvalue weighted by atomic mass is 9.72. The van der Waals surface area contributed by atoms with Gasteiger partial charge in [0.1, 0.15) is 0 Å². The number of hydrogen-bond acceptors (Lipinski definition) is 3. The summed E-state index contributed by atoms with van der Waals surface area (Å²) in [6, 6.07) is 0. The number of aromatic nitrogens is 3. The number of nitrogens with zero attached hydrogens (tertiary/aromatic N) is 3. The molecule has 2 rings (SSSR count). The molecule has 0 spiro atoms. The quantitative estimate of drug-likeness (QED) is 0.802. The molecule has 1 aromatic rings. The monoisotopic (exact) mass is 208 g/mol. The normalized spacial score (nSPS) is 19.2. The molecule has 1 fully saturated rings. The van der Waals surface area contributed by atoms with Gasteiger partial charge in [-0.2, -0.15) is 0 Å². The molecule has 0 bridgehead atoms. The summed E-state index contributed by atoms with van der Waals surface area (Å²) in [5.41, 5.74) is 1.56. The van der Waals surface area contributed by atoms with E-state index in [1.54, 1.807) is 4.68 Å². The second-order valence-electron chi connectivity index (χ2n) is 5.26. The molecule has 4 nitrogen and oxygen atoms in total. The van der Waals surface area contributed by atoms with Gasteiger partial charge in [-0.3, -0.25) is 4.68 Å². The second kappa shape index (κ2) is 3.93. The molecular weight excluding hydrogens is 188 g/mol. The summed E-state index contributed by atoms with van der Waals surface area (Å²) in [4.78, 5) is 0. The first-order valence-corrected chi connectivity index (χ1v) is 5.66. The zero-order chi connectivity index (χ0) is 10.9. The van der Waals surface area contributed by atoms with E-state index in [4.69, 9.17) is 0 Å². The van der Waals surface area contributed by atoms with Gasteiger partial charge in [-0.25, -0.2) is 0 Å². The lowest BCUT2D eigenvalue weighted by Crippen LogP contribution is -2.55. The van der Waals surface area contributed by atoms with Crippen LogP contribution in [-0.2, 0) is 13.5 Å². The van der Waals surface area contributed by atoms with Crippen molar-refractivity contribution in [3.05, 3.63) is 11.9 Å². The van der Waals surface area contributed by atoms with E-state index < -0.39 is 0 Å². The van der Waals surface area contributed by atoms with E-state index in [9.17, 15) is 0 Å². The maximum atomic E-state index is 4.18. The third-order valence-corrected chi connectivity index (χ3v) is 3.05. The highest BCUT2D eigenvalue weighted by Gasteiger charge is 2.37. The molecule has 1 N–H and O–H groups in total. The summed E-state index contributed by atoms with van der Waals surface area (Å²) >= 11 is 0. The third kappa shape index (κ3) is 2.37. The molecule has 2 heterocycles. The van der Waals surface area contributed by atoms with E-state index in [0.29, 0.717) is 5.41 Å². The van der Waals surface area contributed by atoms with Gasteiger partial charge in [0.2, 0.25) is 0 Å². The second-order valence-corrected chi connectivity index (χ2v) is 5.26. The zero-order valence-electron chi connectivity index (χ0n) is 9.82. The van der Waals surface area contributed by atoms with Gasteiger partial charge in [-0.05, 0) is 12.3 Å². The van der Waals surface area contributed by atoms with Crippen LogP contribution in [0.2, 0.25) is 0 Å². The maximum absolute atomic E-state index is 4.18. The van der Waals surface area contributed by atoms with Crippen molar-refractivity contribution in [1.29, 1.82) is 0 Å². The molecule has 0 aromatic carbocycles. The predicted molar refractivity (Wildman–Crippen MR) is 59.5 cm³/mol. The average molecular weight is 208 g/mol. The molecule has 0 saturated carbocycles. The molecule has 15 heavy (non-hydrogen) atoms. The molecule has 0 atom stereocenters. The van der Waals surface area contributed by atoms with Crippen molar-refractivity contribution in [2.45, 2.75) is 26.7 Å². The van der Waals surface area contributed by atoms with Gasteiger partial charge in [0, 0.05) is 38.2 Å². The SMILES string of the molecule is CC(C)CC1(Cc2cn(C)nn2)CNC1. The van der Waals surface area contributed by atoms with Crippen LogP contribution in [-0.4, -0.2) is 28.1 Å². The van der Waals surface area contributed by atoms with Crippen molar-refractivity contribution in [3.63, 3.8) is 0 Å². The molecule has 0 unspecified atom stereocenters. The highest BCUT2D eigenvalue weighted by atomic mass is 15.4. The van der Waals surface area contributed by atoms with Gasteiger partial charge in [0.25, 0.3) is 0 Å². The van der Waals surface area contributed by atoms with Crippen LogP contribution >= 0.6 is 0 Å². The van der Waals surface area contributed by atoms with Crippen LogP contribution in [0.15, 0.2) is 6.20 Å². The molecule has 0 amide bonds. The van der Waals surface area contributed by atoms with Crippen LogP contribution < -0.4 is 5.32 Å². The Morgan fingerprint density at radius 1 is 1.53 bits per heavy atom. The molecule has 84 valence electrons. The van der Waals surface area contributed by atoms with E-state index in [-0.39, 0.29) is 0 Å². The van der Waals surface area contributed by atoms with Crippen LogP contribution in [0.1, 0.15) is 26.0 Å². The minimum absolute atomic E-state index is 0.435. The van der Waals surface area contributed by atoms with E-state index in [1.165, 1.54) is 6.42 Å². The van der Waals surface area contributed by atoms with E-state index in [1.807, 2.05) is 13.2 Å². The smallest absolute Gasteiger partial charge is 0.0833 e. The fourth-order valence-electron chi connectivity index (χ4n) is 2.55. The lowest BCUT2D eigenvalue weighted by Gasteiger charge is -2.43. The Bertz CT molecular complexity index is 325. The fourth-order valence-corrected chi connectivity index (χ4v) is 2.55. The first-order chi connectivity index (χ1) is 7.10. The van der Waals surface area contributed by atoms with E-state index in [2.05, 4.69) is 29.5 Å². The minimum Gasteiger partial charge on any atom is -0.316 e. The van der Waals surface area contributed by atoms with Crippen molar-refractivity contribution < 1.29 is 0 Å². The Balaban J connectivity index is 2.01. The predicted octanol–water partition coefficient (Wildman–Crippen LogP) is 0.993. The highest BCUT2D eigenvalue weighted by molar-refractivity contribution is 5.04. The summed E-state index contributed by atoms with van der Waals surface area (Å²) in [7, 11) is 1.92. The lowest BCUT2D eigenvalue weighted by molar-refractivity contribution is 0.129. The number of hydrogen-bond donors (Lipinski definition) is 1. The van der Waals surface area contributed by atoms with Gasteiger partial charge < -0.3 is 5.32 Å². The minimum atomic E-state index is 0.435. The highest BCUT2D eigenvalue weighted by Crippen LogP contribution is 2.33. The topological polar surface area (TPSA) is 42.7 Å². The van der Waals surface area contributed by atoms with Crippen LogP contribution in [0.5, 0.6) is 0 Å². The molecule has 1 aliphatic heterocycles. The van der Waals surface area contributed by atoms with Crippen LogP contribution in [0.25, 0.3) is 0 Å². The number of rotatable bonds is 4. The van der Waals surface area contributed by atoms with Gasteiger partial charge in [0.15, 0.2) is 0 Å². The van der Waals surface area contributed by atoms with Gasteiger partial charge in [0.05, 0.1) is 5.69 Å². The van der Waals surface area contributed by atoms with Crippen LogP contribution in [0, 0.1) is 11.3 Å². The average Bonchev–Trinajstić information content (AvgIpc) is 2.46. The Hall–Kier alpha value is -0.900. The third-order valence-electron chi connectivity index (χ3n) is 3.05. The van der Waals surface area contributed by atoms with Crippen LogP contribution in [0.3, 0.4) is 0 Å². The summed E-state index contributed by atoms with van der Waals surface area (Å²) < 4.78 is 1.78. The fraction of sp³-hybridized carbons (Fsp3) is 0.818. The summed E-state index contributed by atoms with van der Waals surface area (Å²) in [6.07, 6.45) is 4.36. The molecule has 0 aliphatic carbocycles. The molecule has 1 aromatic heterocycles. The first kappa shape index (κ1) is 10.6. The largest absolute Gasteiger partial charge is 0.316 e. The van der Waals surface area contributed by atoms with Gasteiger partial charge in [-0.15, -0.1) is 5.10 Å².